The molecule has 2 aliphatic rings. The zero-order valence-corrected chi connectivity index (χ0v) is 16.5. The van der Waals surface area contributed by atoms with Crippen LogP contribution < -0.4 is 10.1 Å². The molecule has 1 saturated heterocycles. The second-order valence-electron chi connectivity index (χ2n) is 7.86. The van der Waals surface area contributed by atoms with Crippen molar-refractivity contribution in [2.75, 3.05) is 6.61 Å². The van der Waals surface area contributed by atoms with E-state index in [2.05, 4.69) is 10.4 Å². The third kappa shape index (κ3) is 4.55. The Morgan fingerprint density at radius 2 is 1.93 bits per heavy atom. The van der Waals surface area contributed by atoms with Gasteiger partial charge in [-0.05, 0) is 62.8 Å². The smallest absolute Gasteiger partial charge is 0.251 e. The molecule has 6 nitrogen and oxygen atoms in total. The van der Waals surface area contributed by atoms with Gasteiger partial charge >= 0.3 is 0 Å². The largest absolute Gasteiger partial charge is 0.490 e. The van der Waals surface area contributed by atoms with Crippen LogP contribution in [0.4, 0.5) is 0 Å². The highest BCUT2D eigenvalue weighted by molar-refractivity contribution is 5.94. The lowest BCUT2D eigenvalue weighted by Crippen LogP contribution is -2.42. The summed E-state index contributed by atoms with van der Waals surface area (Å²) in [6.45, 7) is 0.707. The molecule has 28 heavy (non-hydrogen) atoms. The molecule has 1 amide bonds. The molecule has 150 valence electrons. The fourth-order valence-corrected chi connectivity index (χ4v) is 4.16. The SMILES string of the molecule is Cn1cc([C@H]2OCCC[C@@H]2NC(=O)c2ccc(OC3CCCCC3)cc2)cn1. The van der Waals surface area contributed by atoms with Crippen molar-refractivity contribution in [2.45, 2.75) is 63.2 Å². The van der Waals surface area contributed by atoms with Crippen molar-refractivity contribution >= 4 is 5.91 Å². The summed E-state index contributed by atoms with van der Waals surface area (Å²) in [6, 6.07) is 7.44. The highest BCUT2D eigenvalue weighted by atomic mass is 16.5. The highest BCUT2D eigenvalue weighted by Crippen LogP contribution is 2.28. The van der Waals surface area contributed by atoms with Gasteiger partial charge in [-0.15, -0.1) is 0 Å². The molecule has 2 atom stereocenters. The molecule has 0 spiro atoms. The van der Waals surface area contributed by atoms with Crippen LogP contribution in [0.25, 0.3) is 0 Å². The molecule has 1 aliphatic carbocycles. The number of aromatic nitrogens is 2. The number of benzene rings is 1. The summed E-state index contributed by atoms with van der Waals surface area (Å²) >= 11 is 0. The Morgan fingerprint density at radius 1 is 1.14 bits per heavy atom. The highest BCUT2D eigenvalue weighted by Gasteiger charge is 2.30. The van der Waals surface area contributed by atoms with Crippen LogP contribution >= 0.6 is 0 Å². The van der Waals surface area contributed by atoms with Gasteiger partial charge in [0.15, 0.2) is 0 Å². The van der Waals surface area contributed by atoms with Crippen LogP contribution in [0.2, 0.25) is 0 Å². The van der Waals surface area contributed by atoms with Crippen LogP contribution in [0.5, 0.6) is 5.75 Å². The molecule has 0 bridgehead atoms. The third-order valence-corrected chi connectivity index (χ3v) is 5.66. The summed E-state index contributed by atoms with van der Waals surface area (Å²) in [6.07, 6.45) is 11.8. The summed E-state index contributed by atoms with van der Waals surface area (Å²) < 4.78 is 13.8. The topological polar surface area (TPSA) is 65.4 Å². The molecule has 2 heterocycles. The fourth-order valence-electron chi connectivity index (χ4n) is 4.16. The number of carbonyl (C=O) groups excluding carboxylic acids is 1. The van der Waals surface area contributed by atoms with E-state index in [1.165, 1.54) is 19.3 Å². The van der Waals surface area contributed by atoms with E-state index in [1.807, 2.05) is 43.7 Å². The predicted molar refractivity (Wildman–Crippen MR) is 106 cm³/mol. The Morgan fingerprint density at radius 3 is 2.64 bits per heavy atom. The molecule has 1 aromatic carbocycles. The molecule has 2 aromatic rings. The van der Waals surface area contributed by atoms with Crippen molar-refractivity contribution in [1.29, 1.82) is 0 Å². The van der Waals surface area contributed by atoms with Gasteiger partial charge in [-0.3, -0.25) is 9.48 Å². The standard InChI is InChI=1S/C22H29N3O3/c1-25-15-17(14-23-25)21-20(8-5-13-27-21)24-22(26)16-9-11-19(12-10-16)28-18-6-3-2-4-7-18/h9-12,14-15,18,20-21H,2-8,13H2,1H3,(H,24,26)/t20-,21+/m0/s1. The fraction of sp³-hybridized carbons (Fsp3) is 0.545. The lowest BCUT2D eigenvalue weighted by molar-refractivity contribution is -0.00949. The van der Waals surface area contributed by atoms with Crippen molar-refractivity contribution in [3.8, 4) is 5.75 Å². The number of rotatable bonds is 5. The van der Waals surface area contributed by atoms with Crippen molar-refractivity contribution < 1.29 is 14.3 Å². The molecule has 1 aromatic heterocycles. The Hall–Kier alpha value is -2.34. The van der Waals surface area contributed by atoms with Gasteiger partial charge in [0, 0.05) is 31.0 Å². The maximum atomic E-state index is 12.8. The van der Waals surface area contributed by atoms with Crippen LogP contribution in [0, 0.1) is 0 Å². The molecular formula is C22H29N3O3. The van der Waals surface area contributed by atoms with E-state index in [0.717, 1.165) is 37.0 Å². The quantitative estimate of drug-likeness (QED) is 0.853. The maximum absolute atomic E-state index is 12.8. The number of hydrogen-bond donors (Lipinski definition) is 1. The van der Waals surface area contributed by atoms with Gasteiger partial charge in [-0.2, -0.15) is 5.10 Å². The molecule has 0 radical (unpaired) electrons. The Bertz CT molecular complexity index is 781. The van der Waals surface area contributed by atoms with Crippen molar-refractivity contribution in [1.82, 2.24) is 15.1 Å². The van der Waals surface area contributed by atoms with Crippen LogP contribution in [-0.2, 0) is 11.8 Å². The number of hydrogen-bond acceptors (Lipinski definition) is 4. The maximum Gasteiger partial charge on any atom is 0.251 e. The molecule has 0 unspecified atom stereocenters. The Kier molecular flexibility index (Phi) is 5.95. The van der Waals surface area contributed by atoms with Crippen molar-refractivity contribution in [3.63, 3.8) is 0 Å². The molecule has 1 N–H and O–H groups in total. The second kappa shape index (κ2) is 8.78. The number of amides is 1. The molecule has 1 saturated carbocycles. The summed E-state index contributed by atoms with van der Waals surface area (Å²) in [7, 11) is 1.89. The van der Waals surface area contributed by atoms with Crippen LogP contribution in [-0.4, -0.2) is 34.4 Å². The lowest BCUT2D eigenvalue weighted by atomic mass is 9.97. The van der Waals surface area contributed by atoms with Gasteiger partial charge in [0.05, 0.1) is 18.3 Å². The first-order valence-electron chi connectivity index (χ1n) is 10.4. The zero-order chi connectivity index (χ0) is 19.3. The van der Waals surface area contributed by atoms with Crippen LogP contribution in [0.15, 0.2) is 36.7 Å². The summed E-state index contributed by atoms with van der Waals surface area (Å²) in [5, 5.41) is 7.38. The average Bonchev–Trinajstić information content (AvgIpc) is 3.16. The number of aryl methyl sites for hydroxylation is 1. The molecule has 4 rings (SSSR count). The molecule has 2 fully saturated rings. The van der Waals surface area contributed by atoms with Crippen molar-refractivity contribution in [2.24, 2.45) is 7.05 Å². The van der Waals surface area contributed by atoms with Gasteiger partial charge in [-0.1, -0.05) is 6.42 Å². The van der Waals surface area contributed by atoms with Gasteiger partial charge in [0.1, 0.15) is 11.9 Å². The summed E-state index contributed by atoms with van der Waals surface area (Å²) in [5.74, 6) is 0.770. The monoisotopic (exact) mass is 383 g/mol. The Labute approximate surface area is 166 Å². The first-order valence-corrected chi connectivity index (χ1v) is 10.4. The molecular weight excluding hydrogens is 354 g/mol. The second-order valence-corrected chi connectivity index (χ2v) is 7.86. The molecule has 6 heteroatoms. The first kappa shape index (κ1) is 19.0. The first-order chi connectivity index (χ1) is 13.7. The minimum Gasteiger partial charge on any atom is -0.490 e. The summed E-state index contributed by atoms with van der Waals surface area (Å²) in [4.78, 5) is 12.8. The van der Waals surface area contributed by atoms with Gasteiger partial charge < -0.3 is 14.8 Å². The van der Waals surface area contributed by atoms with Gasteiger partial charge in [0.25, 0.3) is 5.91 Å². The zero-order valence-electron chi connectivity index (χ0n) is 16.5. The lowest BCUT2D eigenvalue weighted by Gasteiger charge is -2.31. The van der Waals surface area contributed by atoms with E-state index < -0.39 is 0 Å². The van der Waals surface area contributed by atoms with E-state index in [9.17, 15) is 4.79 Å². The summed E-state index contributed by atoms with van der Waals surface area (Å²) in [5.41, 5.74) is 1.65. The molecule has 1 aliphatic heterocycles. The van der Waals surface area contributed by atoms with E-state index in [0.29, 0.717) is 18.3 Å². The number of nitrogens with one attached hydrogen (secondary N) is 1. The average molecular weight is 383 g/mol. The third-order valence-electron chi connectivity index (χ3n) is 5.66. The van der Waals surface area contributed by atoms with Crippen LogP contribution in [0.1, 0.15) is 67.0 Å². The minimum atomic E-state index is -0.152. The van der Waals surface area contributed by atoms with Crippen LogP contribution in [0.3, 0.4) is 0 Å². The van der Waals surface area contributed by atoms with Gasteiger partial charge in [-0.25, -0.2) is 0 Å². The number of ether oxygens (including phenoxy) is 2. The van der Waals surface area contributed by atoms with E-state index in [1.54, 1.807) is 4.68 Å². The number of nitrogens with zero attached hydrogens (tertiary/aromatic N) is 2. The van der Waals surface area contributed by atoms with E-state index >= 15 is 0 Å². The van der Waals surface area contributed by atoms with Crippen molar-refractivity contribution in [3.05, 3.63) is 47.8 Å². The number of carbonyl (C=O) groups is 1. The normalized spacial score (nSPS) is 23.3. The van der Waals surface area contributed by atoms with E-state index in [4.69, 9.17) is 9.47 Å². The van der Waals surface area contributed by atoms with Gasteiger partial charge in [0.2, 0.25) is 0 Å². The minimum absolute atomic E-state index is 0.0522. The predicted octanol–water partition coefficient (Wildman–Crippen LogP) is 3.78. The van der Waals surface area contributed by atoms with E-state index in [-0.39, 0.29) is 18.1 Å². The Balaban J connectivity index is 1.38.